The van der Waals surface area contributed by atoms with Gasteiger partial charge in [-0.05, 0) is 17.7 Å². The minimum Gasteiger partial charge on any atom is -0.497 e. The maximum Gasteiger partial charge on any atom is 0.157 e. The van der Waals surface area contributed by atoms with Crippen LogP contribution in [0.2, 0.25) is 0 Å². The number of benzene rings is 1. The zero-order valence-corrected chi connectivity index (χ0v) is 8.43. The molecule has 4 heteroatoms. The minimum atomic E-state index is 0.531. The van der Waals surface area contributed by atoms with Gasteiger partial charge in [0.1, 0.15) is 12.4 Å². The largest absolute Gasteiger partial charge is 0.497 e. The number of methoxy groups -OCH3 is 1. The molecule has 0 bridgehead atoms. The quantitative estimate of drug-likeness (QED) is 0.828. The van der Waals surface area contributed by atoms with Crippen molar-refractivity contribution in [3.63, 3.8) is 0 Å². The molecule has 2 rings (SSSR count). The normalized spacial score (nSPS) is 9.93. The van der Waals surface area contributed by atoms with Gasteiger partial charge in [-0.15, -0.1) is 0 Å². The molecule has 0 fully saturated rings. The fraction of sp³-hybridized carbons (Fsp3) is 0.182. The molecule has 1 heterocycles. The molecule has 1 N–H and O–H groups in total. The Morgan fingerprint density at radius 2 is 2.00 bits per heavy atom. The Morgan fingerprint density at radius 3 is 2.60 bits per heavy atom. The number of hydrogen-bond acceptors (Lipinski definition) is 3. The molecule has 0 aliphatic rings. The van der Waals surface area contributed by atoms with Crippen LogP contribution in [0.25, 0.3) is 0 Å². The molecule has 0 saturated heterocycles. The van der Waals surface area contributed by atoms with Crippen molar-refractivity contribution in [2.75, 3.05) is 7.11 Å². The van der Waals surface area contributed by atoms with E-state index in [2.05, 4.69) is 10.2 Å². The van der Waals surface area contributed by atoms with Gasteiger partial charge in [0.05, 0.1) is 19.5 Å². The summed E-state index contributed by atoms with van der Waals surface area (Å²) in [6.07, 6.45) is 3.35. The first-order valence-corrected chi connectivity index (χ1v) is 4.63. The third-order valence-corrected chi connectivity index (χ3v) is 2.04. The van der Waals surface area contributed by atoms with Gasteiger partial charge in [0.15, 0.2) is 5.75 Å². The lowest BCUT2D eigenvalue weighted by atomic mass is 10.2. The number of ether oxygens (including phenoxy) is 2. The van der Waals surface area contributed by atoms with E-state index in [9.17, 15) is 0 Å². The molecule has 0 atom stereocenters. The summed E-state index contributed by atoms with van der Waals surface area (Å²) >= 11 is 0. The Bertz CT molecular complexity index is 395. The average Bonchev–Trinajstić information content (AvgIpc) is 2.80. The van der Waals surface area contributed by atoms with Crippen molar-refractivity contribution >= 4 is 0 Å². The molecule has 0 spiro atoms. The summed E-state index contributed by atoms with van der Waals surface area (Å²) in [5, 5.41) is 6.48. The van der Waals surface area contributed by atoms with Gasteiger partial charge in [-0.25, -0.2) is 0 Å². The molecule has 0 radical (unpaired) electrons. The van der Waals surface area contributed by atoms with Crippen molar-refractivity contribution in [3.05, 3.63) is 42.2 Å². The first-order valence-electron chi connectivity index (χ1n) is 4.63. The van der Waals surface area contributed by atoms with Gasteiger partial charge in [0.25, 0.3) is 0 Å². The van der Waals surface area contributed by atoms with E-state index in [0.29, 0.717) is 6.61 Å². The lowest BCUT2D eigenvalue weighted by Gasteiger charge is -2.04. The number of aromatic nitrogens is 2. The predicted octanol–water partition coefficient (Wildman–Crippen LogP) is 2.00. The molecule has 2 aromatic rings. The van der Waals surface area contributed by atoms with Gasteiger partial charge in [-0.1, -0.05) is 12.1 Å². The van der Waals surface area contributed by atoms with Crippen molar-refractivity contribution < 1.29 is 9.47 Å². The van der Waals surface area contributed by atoms with Crippen molar-refractivity contribution in [3.8, 4) is 11.5 Å². The second-order valence-electron chi connectivity index (χ2n) is 3.07. The van der Waals surface area contributed by atoms with E-state index in [1.165, 1.54) is 0 Å². The van der Waals surface area contributed by atoms with Crippen LogP contribution in [-0.4, -0.2) is 17.3 Å². The van der Waals surface area contributed by atoms with Crippen LogP contribution >= 0.6 is 0 Å². The average molecular weight is 204 g/mol. The second kappa shape index (κ2) is 4.50. The van der Waals surface area contributed by atoms with E-state index >= 15 is 0 Å². The number of hydrogen-bond donors (Lipinski definition) is 1. The van der Waals surface area contributed by atoms with Gasteiger partial charge in [-0.2, -0.15) is 5.10 Å². The molecule has 0 saturated carbocycles. The minimum absolute atomic E-state index is 0.531. The van der Waals surface area contributed by atoms with Crippen LogP contribution in [0, 0.1) is 0 Å². The van der Waals surface area contributed by atoms with Crippen LogP contribution in [0.3, 0.4) is 0 Å². The van der Waals surface area contributed by atoms with E-state index < -0.39 is 0 Å². The molecule has 0 aliphatic carbocycles. The van der Waals surface area contributed by atoms with Crippen molar-refractivity contribution in [2.24, 2.45) is 0 Å². The Morgan fingerprint density at radius 1 is 1.20 bits per heavy atom. The summed E-state index contributed by atoms with van der Waals surface area (Å²) in [6, 6.07) is 7.76. The summed E-state index contributed by atoms with van der Waals surface area (Å²) in [5.41, 5.74) is 1.09. The number of H-pyrrole nitrogens is 1. The smallest absolute Gasteiger partial charge is 0.157 e. The molecule has 78 valence electrons. The highest BCUT2D eigenvalue weighted by Gasteiger charge is 1.97. The van der Waals surface area contributed by atoms with E-state index in [4.69, 9.17) is 9.47 Å². The molecular weight excluding hydrogens is 192 g/mol. The first kappa shape index (κ1) is 9.58. The van der Waals surface area contributed by atoms with Crippen molar-refractivity contribution in [1.29, 1.82) is 0 Å². The number of rotatable bonds is 4. The highest BCUT2D eigenvalue weighted by molar-refractivity contribution is 5.27. The fourth-order valence-corrected chi connectivity index (χ4v) is 1.21. The maximum absolute atomic E-state index is 5.47. The highest BCUT2D eigenvalue weighted by Crippen LogP contribution is 2.13. The van der Waals surface area contributed by atoms with Crippen LogP contribution in [-0.2, 0) is 6.61 Å². The van der Waals surface area contributed by atoms with Crippen LogP contribution in [0.4, 0.5) is 0 Å². The Kier molecular flexibility index (Phi) is 2.88. The Balaban J connectivity index is 1.93. The van der Waals surface area contributed by atoms with Crippen LogP contribution in [0.15, 0.2) is 36.7 Å². The fourth-order valence-electron chi connectivity index (χ4n) is 1.21. The van der Waals surface area contributed by atoms with Gasteiger partial charge in [0, 0.05) is 0 Å². The lowest BCUT2D eigenvalue weighted by molar-refractivity contribution is 0.306. The standard InChI is InChI=1S/C11H12N2O2/c1-14-10-4-2-9(3-5-10)8-15-11-6-12-13-7-11/h2-7H,8H2,1H3,(H,12,13). The summed E-state index contributed by atoms with van der Waals surface area (Å²) in [4.78, 5) is 0. The predicted molar refractivity (Wildman–Crippen MR) is 55.9 cm³/mol. The summed E-state index contributed by atoms with van der Waals surface area (Å²) in [6.45, 7) is 0.531. The molecular formula is C11H12N2O2. The molecule has 0 unspecified atom stereocenters. The monoisotopic (exact) mass is 204 g/mol. The SMILES string of the molecule is COc1ccc(COc2cn[nH]c2)cc1. The summed E-state index contributed by atoms with van der Waals surface area (Å²) < 4.78 is 10.5. The zero-order chi connectivity index (χ0) is 10.5. The third kappa shape index (κ3) is 2.49. The number of nitrogens with zero attached hydrogens (tertiary/aromatic N) is 1. The summed E-state index contributed by atoms with van der Waals surface area (Å²) in [7, 11) is 1.65. The second-order valence-corrected chi connectivity index (χ2v) is 3.07. The highest BCUT2D eigenvalue weighted by atomic mass is 16.5. The zero-order valence-electron chi connectivity index (χ0n) is 8.43. The number of aromatic amines is 1. The third-order valence-electron chi connectivity index (χ3n) is 2.04. The van der Waals surface area contributed by atoms with Crippen molar-refractivity contribution in [1.82, 2.24) is 10.2 Å². The topological polar surface area (TPSA) is 47.1 Å². The molecule has 1 aromatic heterocycles. The van der Waals surface area contributed by atoms with Crippen molar-refractivity contribution in [2.45, 2.75) is 6.61 Å². The van der Waals surface area contributed by atoms with Crippen LogP contribution in [0.5, 0.6) is 11.5 Å². The molecule has 1 aromatic carbocycles. The number of nitrogens with one attached hydrogen (secondary N) is 1. The Labute approximate surface area is 87.8 Å². The van der Waals surface area contributed by atoms with Crippen LogP contribution < -0.4 is 9.47 Å². The van der Waals surface area contributed by atoms with E-state index in [0.717, 1.165) is 17.1 Å². The van der Waals surface area contributed by atoms with Gasteiger partial charge in [0.2, 0.25) is 0 Å². The van der Waals surface area contributed by atoms with E-state index in [-0.39, 0.29) is 0 Å². The molecule has 0 aliphatic heterocycles. The van der Waals surface area contributed by atoms with E-state index in [1.54, 1.807) is 19.5 Å². The van der Waals surface area contributed by atoms with Gasteiger partial charge < -0.3 is 9.47 Å². The lowest BCUT2D eigenvalue weighted by Crippen LogP contribution is -1.94. The van der Waals surface area contributed by atoms with Gasteiger partial charge in [-0.3, -0.25) is 5.10 Å². The maximum atomic E-state index is 5.47. The Hall–Kier alpha value is -1.97. The van der Waals surface area contributed by atoms with E-state index in [1.807, 2.05) is 24.3 Å². The molecule has 0 amide bonds. The summed E-state index contributed by atoms with van der Waals surface area (Å²) in [5.74, 6) is 1.59. The van der Waals surface area contributed by atoms with Gasteiger partial charge >= 0.3 is 0 Å². The van der Waals surface area contributed by atoms with Crippen LogP contribution in [0.1, 0.15) is 5.56 Å². The molecule has 4 nitrogen and oxygen atoms in total. The molecule has 15 heavy (non-hydrogen) atoms. The first-order chi connectivity index (χ1) is 7.38.